The van der Waals surface area contributed by atoms with Gasteiger partial charge in [0.1, 0.15) is 11.3 Å². The van der Waals surface area contributed by atoms with Crippen LogP contribution in [-0.2, 0) is 19.4 Å². The standard InChI is InChI=1S/C23H23NO4/c1-16-14-21(25)22(23(26)27)20(15-18-8-10-19(28-2)11-9-18)24(16)13-12-17-6-4-3-5-7-17/h3-11,14H,12-13,15H2,1-2H3,(H,26,27). The van der Waals surface area contributed by atoms with Crippen LogP contribution in [0.1, 0.15) is 32.9 Å². The number of aromatic nitrogens is 1. The lowest BCUT2D eigenvalue weighted by Crippen LogP contribution is -2.25. The average molecular weight is 377 g/mol. The highest BCUT2D eigenvalue weighted by Gasteiger charge is 2.20. The van der Waals surface area contributed by atoms with E-state index in [1.807, 2.05) is 66.1 Å². The van der Waals surface area contributed by atoms with Crippen molar-refractivity contribution < 1.29 is 14.6 Å². The maximum atomic E-state index is 12.4. The van der Waals surface area contributed by atoms with Gasteiger partial charge in [0.2, 0.25) is 0 Å². The molecule has 0 aliphatic rings. The SMILES string of the molecule is COc1ccc(Cc2c(C(=O)O)c(=O)cc(C)n2CCc2ccccc2)cc1. The smallest absolute Gasteiger partial charge is 0.341 e. The van der Waals surface area contributed by atoms with E-state index in [9.17, 15) is 14.7 Å². The number of rotatable bonds is 7. The van der Waals surface area contributed by atoms with Crippen molar-refractivity contribution in [2.45, 2.75) is 26.3 Å². The second-order valence-corrected chi connectivity index (χ2v) is 6.69. The summed E-state index contributed by atoms with van der Waals surface area (Å²) in [5.74, 6) is -0.463. The van der Waals surface area contributed by atoms with Crippen molar-refractivity contribution in [3.63, 3.8) is 0 Å². The van der Waals surface area contributed by atoms with Gasteiger partial charge in [-0.2, -0.15) is 0 Å². The van der Waals surface area contributed by atoms with Crippen molar-refractivity contribution >= 4 is 5.97 Å². The van der Waals surface area contributed by atoms with E-state index in [-0.39, 0.29) is 5.56 Å². The Kier molecular flexibility index (Phi) is 5.94. The number of pyridine rings is 1. The van der Waals surface area contributed by atoms with Gasteiger partial charge in [-0.05, 0) is 36.6 Å². The van der Waals surface area contributed by atoms with Crippen LogP contribution in [0.3, 0.4) is 0 Å². The second-order valence-electron chi connectivity index (χ2n) is 6.69. The maximum absolute atomic E-state index is 12.4. The molecule has 5 heteroatoms. The van der Waals surface area contributed by atoms with Crippen LogP contribution in [0.4, 0.5) is 0 Å². The quantitative estimate of drug-likeness (QED) is 0.682. The number of hydrogen-bond acceptors (Lipinski definition) is 3. The summed E-state index contributed by atoms with van der Waals surface area (Å²) in [6, 6.07) is 18.9. The molecular weight excluding hydrogens is 354 g/mol. The van der Waals surface area contributed by atoms with E-state index < -0.39 is 11.4 Å². The minimum absolute atomic E-state index is 0.158. The summed E-state index contributed by atoms with van der Waals surface area (Å²) < 4.78 is 7.13. The van der Waals surface area contributed by atoms with Gasteiger partial charge in [-0.25, -0.2) is 4.79 Å². The zero-order chi connectivity index (χ0) is 20.1. The highest BCUT2D eigenvalue weighted by molar-refractivity contribution is 5.89. The fourth-order valence-electron chi connectivity index (χ4n) is 3.38. The fourth-order valence-corrected chi connectivity index (χ4v) is 3.38. The van der Waals surface area contributed by atoms with E-state index in [2.05, 4.69) is 0 Å². The summed E-state index contributed by atoms with van der Waals surface area (Å²) >= 11 is 0. The van der Waals surface area contributed by atoms with Gasteiger partial charge in [-0.1, -0.05) is 42.5 Å². The molecule has 0 aliphatic heterocycles. The molecule has 3 aromatic rings. The number of carbonyl (C=O) groups is 1. The number of hydrogen-bond donors (Lipinski definition) is 1. The lowest BCUT2D eigenvalue weighted by atomic mass is 10.0. The molecule has 0 unspecified atom stereocenters. The first-order valence-electron chi connectivity index (χ1n) is 9.13. The zero-order valence-electron chi connectivity index (χ0n) is 16.0. The third kappa shape index (κ3) is 4.31. The third-order valence-corrected chi connectivity index (χ3v) is 4.84. The van der Waals surface area contributed by atoms with Crippen molar-refractivity contribution in [2.24, 2.45) is 0 Å². The zero-order valence-corrected chi connectivity index (χ0v) is 16.0. The van der Waals surface area contributed by atoms with Gasteiger partial charge in [0, 0.05) is 30.4 Å². The molecule has 1 N–H and O–H groups in total. The van der Waals surface area contributed by atoms with Crippen LogP contribution in [0.15, 0.2) is 65.5 Å². The number of aryl methyl sites for hydroxylation is 2. The predicted molar refractivity (Wildman–Crippen MR) is 108 cm³/mol. The van der Waals surface area contributed by atoms with Crippen molar-refractivity contribution in [3.8, 4) is 5.75 Å². The molecule has 0 spiro atoms. The molecule has 0 atom stereocenters. The van der Waals surface area contributed by atoms with E-state index in [0.717, 1.165) is 29.0 Å². The maximum Gasteiger partial charge on any atom is 0.341 e. The van der Waals surface area contributed by atoms with E-state index in [1.54, 1.807) is 7.11 Å². The number of carboxylic acids is 1. The van der Waals surface area contributed by atoms with Crippen molar-refractivity contribution in [1.82, 2.24) is 4.57 Å². The minimum atomic E-state index is -1.19. The number of aromatic carboxylic acids is 1. The molecule has 0 amide bonds. The van der Waals surface area contributed by atoms with E-state index in [1.165, 1.54) is 6.07 Å². The van der Waals surface area contributed by atoms with Crippen molar-refractivity contribution in [1.29, 1.82) is 0 Å². The first-order chi connectivity index (χ1) is 13.5. The number of nitrogens with zero attached hydrogens (tertiary/aromatic N) is 1. The summed E-state index contributed by atoms with van der Waals surface area (Å²) in [5, 5.41) is 9.67. The molecule has 0 saturated heterocycles. The van der Waals surface area contributed by atoms with Gasteiger partial charge in [-0.3, -0.25) is 4.79 Å². The number of carboxylic acid groups (broad SMARTS) is 1. The van der Waals surface area contributed by atoms with Crippen LogP contribution < -0.4 is 10.2 Å². The van der Waals surface area contributed by atoms with Crippen LogP contribution in [0, 0.1) is 6.92 Å². The monoisotopic (exact) mass is 377 g/mol. The van der Waals surface area contributed by atoms with Crippen molar-refractivity contribution in [2.75, 3.05) is 7.11 Å². The summed E-state index contributed by atoms with van der Waals surface area (Å²) in [4.78, 5) is 24.2. The summed E-state index contributed by atoms with van der Waals surface area (Å²) in [5.41, 5.74) is 2.75. The van der Waals surface area contributed by atoms with Gasteiger partial charge in [-0.15, -0.1) is 0 Å². The number of methoxy groups -OCH3 is 1. The Morgan fingerprint density at radius 1 is 1.04 bits per heavy atom. The Labute approximate surface area is 163 Å². The topological polar surface area (TPSA) is 68.5 Å². The molecular formula is C23H23NO4. The molecule has 28 heavy (non-hydrogen) atoms. The van der Waals surface area contributed by atoms with Crippen LogP contribution in [0.2, 0.25) is 0 Å². The molecule has 0 aliphatic carbocycles. The predicted octanol–water partition coefficient (Wildman–Crippen LogP) is 3.70. The Hall–Kier alpha value is -3.34. The van der Waals surface area contributed by atoms with Gasteiger partial charge in [0.25, 0.3) is 0 Å². The summed E-state index contributed by atoms with van der Waals surface area (Å²) in [6.45, 7) is 2.44. The van der Waals surface area contributed by atoms with Crippen molar-refractivity contribution in [3.05, 3.63) is 99.0 Å². The molecule has 3 rings (SSSR count). The molecule has 0 radical (unpaired) electrons. The molecule has 1 heterocycles. The van der Waals surface area contributed by atoms with Crippen LogP contribution in [0.5, 0.6) is 5.75 Å². The molecule has 0 fully saturated rings. The van der Waals surface area contributed by atoms with E-state index >= 15 is 0 Å². The lowest BCUT2D eigenvalue weighted by molar-refractivity contribution is 0.0693. The fraction of sp³-hybridized carbons (Fsp3) is 0.217. The molecule has 5 nitrogen and oxygen atoms in total. The number of ether oxygens (including phenoxy) is 1. The molecule has 0 bridgehead atoms. The van der Waals surface area contributed by atoms with Gasteiger partial charge in [0.15, 0.2) is 5.43 Å². The molecule has 2 aromatic carbocycles. The first kappa shape index (κ1) is 19.4. The van der Waals surface area contributed by atoms with Crippen LogP contribution >= 0.6 is 0 Å². The minimum Gasteiger partial charge on any atom is -0.497 e. The highest BCUT2D eigenvalue weighted by Crippen LogP contribution is 2.18. The Morgan fingerprint density at radius 3 is 2.32 bits per heavy atom. The normalized spacial score (nSPS) is 10.6. The Morgan fingerprint density at radius 2 is 1.71 bits per heavy atom. The summed E-state index contributed by atoms with van der Waals surface area (Å²) in [6.07, 6.45) is 1.11. The Balaban J connectivity index is 2.02. The number of benzene rings is 2. The molecule has 1 aromatic heterocycles. The van der Waals surface area contributed by atoms with Crippen LogP contribution in [0.25, 0.3) is 0 Å². The molecule has 0 saturated carbocycles. The molecule has 144 valence electrons. The van der Waals surface area contributed by atoms with Gasteiger partial charge >= 0.3 is 5.97 Å². The van der Waals surface area contributed by atoms with E-state index in [4.69, 9.17) is 4.74 Å². The lowest BCUT2D eigenvalue weighted by Gasteiger charge is -2.19. The average Bonchev–Trinajstić information content (AvgIpc) is 2.68. The van der Waals surface area contributed by atoms with Gasteiger partial charge < -0.3 is 14.4 Å². The van der Waals surface area contributed by atoms with E-state index in [0.29, 0.717) is 18.7 Å². The Bertz CT molecular complexity index is 1020. The third-order valence-electron chi connectivity index (χ3n) is 4.84. The highest BCUT2D eigenvalue weighted by atomic mass is 16.5. The largest absolute Gasteiger partial charge is 0.497 e. The van der Waals surface area contributed by atoms with Gasteiger partial charge in [0.05, 0.1) is 7.11 Å². The van der Waals surface area contributed by atoms with Crippen LogP contribution in [-0.4, -0.2) is 22.8 Å². The second kappa shape index (κ2) is 8.57. The first-order valence-corrected chi connectivity index (χ1v) is 9.13. The summed E-state index contributed by atoms with van der Waals surface area (Å²) in [7, 11) is 1.60.